The normalized spacial score (nSPS) is 10.4. The van der Waals surface area contributed by atoms with Crippen LogP contribution in [0.25, 0.3) is 0 Å². The average Bonchev–Trinajstić information content (AvgIpc) is 2.84. The molecule has 0 aliphatic rings. The highest BCUT2D eigenvalue weighted by molar-refractivity contribution is 7.09. The Balaban J connectivity index is 2.30. The van der Waals surface area contributed by atoms with Gasteiger partial charge in [-0.3, -0.25) is 10.1 Å². The summed E-state index contributed by atoms with van der Waals surface area (Å²) in [5, 5.41) is 17.1. The summed E-state index contributed by atoms with van der Waals surface area (Å²) in [5.41, 5.74) is 0.871. The summed E-state index contributed by atoms with van der Waals surface area (Å²) < 4.78 is 0. The third kappa shape index (κ3) is 3.66. The van der Waals surface area contributed by atoms with Gasteiger partial charge in [-0.1, -0.05) is 0 Å². The number of nitrogens with zero attached hydrogens (tertiary/aromatic N) is 4. The minimum absolute atomic E-state index is 0.00824. The topological polar surface area (TPSA) is 84.2 Å². The van der Waals surface area contributed by atoms with Crippen molar-refractivity contribution >= 4 is 28.7 Å². The van der Waals surface area contributed by atoms with Crippen molar-refractivity contribution in [2.45, 2.75) is 20.4 Å². The second-order valence-electron chi connectivity index (χ2n) is 4.54. The third-order valence-electron chi connectivity index (χ3n) is 2.84. The van der Waals surface area contributed by atoms with Gasteiger partial charge in [0.2, 0.25) is 5.82 Å². The zero-order valence-electron chi connectivity index (χ0n) is 12.2. The molecule has 2 aromatic rings. The molecule has 21 heavy (non-hydrogen) atoms. The van der Waals surface area contributed by atoms with Crippen LogP contribution in [0.15, 0.2) is 17.5 Å². The van der Waals surface area contributed by atoms with Crippen LogP contribution in [0.3, 0.4) is 0 Å². The average molecular weight is 307 g/mol. The van der Waals surface area contributed by atoms with Gasteiger partial charge in [0, 0.05) is 25.0 Å². The number of nitro groups is 1. The van der Waals surface area contributed by atoms with Crippen LogP contribution in [-0.2, 0) is 6.54 Å². The molecule has 2 aromatic heterocycles. The molecule has 112 valence electrons. The molecule has 0 amide bonds. The van der Waals surface area contributed by atoms with Crippen molar-refractivity contribution in [2.24, 2.45) is 0 Å². The van der Waals surface area contributed by atoms with Crippen LogP contribution in [0.4, 0.5) is 17.3 Å². The zero-order chi connectivity index (χ0) is 15.4. The second-order valence-corrected chi connectivity index (χ2v) is 5.60. The van der Waals surface area contributed by atoms with Crippen LogP contribution >= 0.6 is 11.3 Å². The van der Waals surface area contributed by atoms with Gasteiger partial charge in [0.05, 0.1) is 22.2 Å². The van der Waals surface area contributed by atoms with Gasteiger partial charge in [-0.15, -0.1) is 11.3 Å². The lowest BCUT2D eigenvalue weighted by Crippen LogP contribution is -2.20. The molecular formula is C13H17N5O2S. The molecular weight excluding hydrogens is 290 g/mol. The fraction of sp³-hybridized carbons (Fsp3) is 0.385. The van der Waals surface area contributed by atoms with Gasteiger partial charge < -0.3 is 10.2 Å². The van der Waals surface area contributed by atoms with Crippen molar-refractivity contribution in [3.05, 3.63) is 38.3 Å². The van der Waals surface area contributed by atoms with Crippen LogP contribution in [0.5, 0.6) is 0 Å². The van der Waals surface area contributed by atoms with E-state index in [0.717, 1.165) is 10.7 Å². The first kappa shape index (κ1) is 15.2. The number of hydrogen-bond donors (Lipinski definition) is 1. The lowest BCUT2D eigenvalue weighted by molar-refractivity contribution is -0.384. The molecule has 0 bridgehead atoms. The van der Waals surface area contributed by atoms with Gasteiger partial charge in [-0.2, -0.15) is 0 Å². The van der Waals surface area contributed by atoms with E-state index in [1.807, 2.05) is 19.2 Å². The van der Waals surface area contributed by atoms with Crippen LogP contribution in [0, 0.1) is 17.0 Å². The Bertz CT molecular complexity index is 643. The fourth-order valence-electron chi connectivity index (χ4n) is 1.94. The largest absolute Gasteiger partial charge is 0.370 e. The summed E-state index contributed by atoms with van der Waals surface area (Å²) in [4.78, 5) is 21.2. The van der Waals surface area contributed by atoms with Gasteiger partial charge in [0.1, 0.15) is 5.82 Å². The van der Waals surface area contributed by atoms with E-state index >= 15 is 0 Å². The van der Waals surface area contributed by atoms with Crippen molar-refractivity contribution in [3.8, 4) is 0 Å². The SMILES string of the molecule is CCNc1ccc([N+](=O)[O-])c(N(C)Cc2csc(C)n2)n1. The van der Waals surface area contributed by atoms with E-state index in [1.54, 1.807) is 29.4 Å². The van der Waals surface area contributed by atoms with Crippen molar-refractivity contribution in [1.82, 2.24) is 9.97 Å². The molecule has 8 heteroatoms. The maximum absolute atomic E-state index is 11.2. The van der Waals surface area contributed by atoms with E-state index in [1.165, 1.54) is 6.07 Å². The molecule has 0 aromatic carbocycles. The number of aromatic nitrogens is 2. The Kier molecular flexibility index (Phi) is 4.69. The van der Waals surface area contributed by atoms with Crippen molar-refractivity contribution in [1.29, 1.82) is 0 Å². The Morgan fingerprint density at radius 1 is 1.43 bits per heavy atom. The van der Waals surface area contributed by atoms with E-state index in [0.29, 0.717) is 24.7 Å². The first-order valence-corrected chi connectivity index (χ1v) is 7.40. The molecule has 0 unspecified atom stereocenters. The van der Waals surface area contributed by atoms with Crippen molar-refractivity contribution < 1.29 is 4.92 Å². The lowest BCUT2D eigenvalue weighted by atomic mass is 10.3. The van der Waals surface area contributed by atoms with Gasteiger partial charge in [0.15, 0.2) is 0 Å². The van der Waals surface area contributed by atoms with Crippen LogP contribution in [0.2, 0.25) is 0 Å². The summed E-state index contributed by atoms with van der Waals surface area (Å²) in [7, 11) is 1.78. The molecule has 0 spiro atoms. The van der Waals surface area contributed by atoms with Gasteiger partial charge in [0.25, 0.3) is 0 Å². The molecule has 2 rings (SSSR count). The standard InChI is InChI=1S/C13H17N5O2S/c1-4-14-12-6-5-11(18(19)20)13(16-12)17(3)7-10-8-21-9(2)15-10/h5-6,8H,4,7H2,1-3H3,(H,14,16). The van der Waals surface area contributed by atoms with Crippen molar-refractivity contribution in [3.63, 3.8) is 0 Å². The number of pyridine rings is 1. The van der Waals surface area contributed by atoms with Gasteiger partial charge in [-0.25, -0.2) is 9.97 Å². The highest BCUT2D eigenvalue weighted by Gasteiger charge is 2.20. The molecule has 0 fully saturated rings. The Hall–Kier alpha value is -2.22. The minimum Gasteiger partial charge on any atom is -0.370 e. The molecule has 7 nitrogen and oxygen atoms in total. The molecule has 1 N–H and O–H groups in total. The van der Waals surface area contributed by atoms with Crippen molar-refractivity contribution in [2.75, 3.05) is 23.8 Å². The Labute approximate surface area is 126 Å². The Morgan fingerprint density at radius 3 is 2.76 bits per heavy atom. The summed E-state index contributed by atoms with van der Waals surface area (Å²) in [6.45, 7) is 5.07. The summed E-state index contributed by atoms with van der Waals surface area (Å²) in [5.74, 6) is 0.962. The number of nitrogens with one attached hydrogen (secondary N) is 1. The first-order valence-electron chi connectivity index (χ1n) is 6.52. The fourth-order valence-corrected chi connectivity index (χ4v) is 2.55. The predicted molar refractivity (Wildman–Crippen MR) is 84.0 cm³/mol. The zero-order valence-corrected chi connectivity index (χ0v) is 13.0. The molecule has 0 atom stereocenters. The molecule has 0 saturated carbocycles. The first-order chi connectivity index (χ1) is 10.0. The van der Waals surface area contributed by atoms with Crippen LogP contribution in [0.1, 0.15) is 17.6 Å². The lowest BCUT2D eigenvalue weighted by Gasteiger charge is -2.17. The molecule has 0 saturated heterocycles. The molecule has 2 heterocycles. The van der Waals surface area contributed by atoms with Crippen LogP contribution < -0.4 is 10.2 Å². The summed E-state index contributed by atoms with van der Waals surface area (Å²) in [6.07, 6.45) is 0. The minimum atomic E-state index is -0.416. The smallest absolute Gasteiger partial charge is 0.311 e. The molecule has 0 radical (unpaired) electrons. The predicted octanol–water partition coefficient (Wildman–Crippen LogP) is 2.82. The molecule has 0 aliphatic heterocycles. The highest BCUT2D eigenvalue weighted by Crippen LogP contribution is 2.28. The quantitative estimate of drug-likeness (QED) is 0.652. The summed E-state index contributed by atoms with van der Waals surface area (Å²) >= 11 is 1.56. The molecule has 0 aliphatic carbocycles. The number of thiazole rings is 1. The van der Waals surface area contributed by atoms with E-state index in [2.05, 4.69) is 15.3 Å². The number of anilines is 2. The number of hydrogen-bond acceptors (Lipinski definition) is 7. The maximum Gasteiger partial charge on any atom is 0.311 e. The number of aryl methyl sites for hydroxylation is 1. The van der Waals surface area contributed by atoms with Gasteiger partial charge >= 0.3 is 5.69 Å². The van der Waals surface area contributed by atoms with Gasteiger partial charge in [-0.05, 0) is 19.9 Å². The maximum atomic E-state index is 11.2. The third-order valence-corrected chi connectivity index (χ3v) is 3.66. The van der Waals surface area contributed by atoms with E-state index < -0.39 is 4.92 Å². The van der Waals surface area contributed by atoms with E-state index in [4.69, 9.17) is 0 Å². The van der Waals surface area contributed by atoms with E-state index in [-0.39, 0.29) is 5.69 Å². The van der Waals surface area contributed by atoms with Crippen LogP contribution in [-0.4, -0.2) is 28.5 Å². The number of rotatable bonds is 6. The summed E-state index contributed by atoms with van der Waals surface area (Å²) in [6, 6.07) is 3.09. The monoisotopic (exact) mass is 307 g/mol. The van der Waals surface area contributed by atoms with E-state index in [9.17, 15) is 10.1 Å². The highest BCUT2D eigenvalue weighted by atomic mass is 32.1. The Morgan fingerprint density at radius 2 is 2.19 bits per heavy atom. The second kappa shape index (κ2) is 6.49.